The van der Waals surface area contributed by atoms with Crippen LogP contribution in [0.25, 0.3) is 0 Å². The third-order valence-corrected chi connectivity index (χ3v) is 16.3. The first kappa shape index (κ1) is 87.5. The normalized spacial score (nSPS) is 10.8. The highest BCUT2D eigenvalue weighted by molar-refractivity contribution is 5.96. The van der Waals surface area contributed by atoms with E-state index in [1.54, 1.807) is 46.7 Å². The average Bonchev–Trinajstić information content (AvgIpc) is 0.856. The maximum Gasteiger partial charge on any atom is 0.272 e. The minimum atomic E-state index is -0.754. The van der Waals surface area contributed by atoms with Gasteiger partial charge in [0.2, 0.25) is 5.95 Å². The molecule has 578 valence electrons. The van der Waals surface area contributed by atoms with Crippen molar-refractivity contribution in [1.82, 2.24) is 54.5 Å². The molecular formula is C81H102F7N11O8. The number of nitrogens with zero attached hydrogens (tertiary/aromatic N) is 11. The van der Waals surface area contributed by atoms with E-state index in [1.807, 2.05) is 55.4 Å². The largest absolute Gasteiger partial charge is 0.492 e. The van der Waals surface area contributed by atoms with Crippen LogP contribution in [0.3, 0.4) is 0 Å². The van der Waals surface area contributed by atoms with Crippen LogP contribution < -0.4 is 18.9 Å². The van der Waals surface area contributed by atoms with Crippen molar-refractivity contribution in [2.24, 2.45) is 11.8 Å². The molecule has 0 atom stereocenters. The third kappa shape index (κ3) is 28.9. The number of carbonyl (C=O) groups excluding carboxylic acids is 4. The van der Waals surface area contributed by atoms with Gasteiger partial charge in [0.25, 0.3) is 23.6 Å². The fraction of sp³-hybridized carbons (Fsp3) is 0.444. The zero-order valence-electron chi connectivity index (χ0n) is 63.6. The first-order valence-corrected chi connectivity index (χ1v) is 36.6. The van der Waals surface area contributed by atoms with Crippen LogP contribution >= 0.6 is 0 Å². The number of benzene rings is 3. The third-order valence-electron chi connectivity index (χ3n) is 16.3. The Hall–Kier alpha value is -10.1. The number of amides is 4. The predicted octanol–water partition coefficient (Wildman–Crippen LogP) is 17.2. The van der Waals surface area contributed by atoms with Crippen LogP contribution in [0.1, 0.15) is 210 Å². The Morgan fingerprint density at radius 3 is 1.11 bits per heavy atom. The van der Waals surface area contributed by atoms with Crippen LogP contribution in [0.2, 0.25) is 0 Å². The molecule has 0 aliphatic heterocycles. The molecule has 0 aliphatic carbocycles. The van der Waals surface area contributed by atoms with Crippen LogP contribution in [-0.2, 0) is 39.0 Å². The lowest BCUT2D eigenvalue weighted by Gasteiger charge is -2.25. The number of hydrogen-bond acceptors (Lipinski definition) is 15. The summed E-state index contributed by atoms with van der Waals surface area (Å²) < 4.78 is 119. The lowest BCUT2D eigenvalue weighted by Crippen LogP contribution is -2.33. The second kappa shape index (κ2) is 46.7. The summed E-state index contributed by atoms with van der Waals surface area (Å²) in [7, 11) is 0. The topological polar surface area (TPSA) is 208 Å². The minimum Gasteiger partial charge on any atom is -0.492 e. The number of aromatic nitrogens is 7. The molecule has 3 aromatic carbocycles. The number of pyridine rings is 3. The lowest BCUT2D eigenvalue weighted by atomic mass is 10.1. The van der Waals surface area contributed by atoms with Crippen LogP contribution in [-0.4, -0.2) is 131 Å². The summed E-state index contributed by atoms with van der Waals surface area (Å²) in [5, 5.41) is 0. The van der Waals surface area contributed by atoms with Gasteiger partial charge in [0, 0.05) is 50.7 Å². The van der Waals surface area contributed by atoms with Gasteiger partial charge >= 0.3 is 0 Å². The number of unbranched alkanes of at least 4 members (excludes halogenated alkanes) is 2. The van der Waals surface area contributed by atoms with Gasteiger partial charge in [0.05, 0.1) is 93.1 Å². The van der Waals surface area contributed by atoms with E-state index in [-0.39, 0.29) is 54.5 Å². The maximum atomic E-state index is 14.2. The maximum absolute atomic E-state index is 14.2. The Kier molecular flexibility index (Phi) is 38.2. The fourth-order valence-corrected chi connectivity index (χ4v) is 10.7. The molecule has 0 saturated carbocycles. The highest BCUT2D eigenvalue weighted by atomic mass is 19.2. The Bertz CT molecular complexity index is 4080. The van der Waals surface area contributed by atoms with Gasteiger partial charge in [-0.15, -0.1) is 0 Å². The number of aryl methyl sites for hydroxylation is 2. The second-order valence-electron chi connectivity index (χ2n) is 25.7. The molecule has 8 aromatic rings. The van der Waals surface area contributed by atoms with E-state index in [0.29, 0.717) is 105 Å². The molecule has 0 fully saturated rings. The minimum absolute atomic E-state index is 0.0787. The Morgan fingerprint density at radius 1 is 0.402 bits per heavy atom. The zero-order valence-corrected chi connectivity index (χ0v) is 63.6. The van der Waals surface area contributed by atoms with Crippen LogP contribution in [0.5, 0.6) is 23.0 Å². The number of ether oxygens (including phenoxy) is 4. The molecule has 8 rings (SSSR count). The smallest absolute Gasteiger partial charge is 0.272 e. The van der Waals surface area contributed by atoms with Crippen molar-refractivity contribution in [2.45, 2.75) is 173 Å². The van der Waals surface area contributed by atoms with Crippen LogP contribution in [0, 0.1) is 52.7 Å². The number of rotatable bonds is 36. The standard InChI is InChI=1S/C22H28F2N2O3.C20H25F2N3O.C20H26FN3O3.C19H23F2N3O/c1-5-28-17-12-21(29-6-2)20(25-13-17)14-26(10-9-15(3)4)22(27)18-11-16(23)7-8-19(18)24;1-4-5-15-11-23-13-24-19(15)12-25(9-8-14(2)3)20(26)17-10-16(21)6-7-18(17)22;1-4-7-11-24(20(25)16-9-8-10-19(21)23-16)14-17-18(27-6-3)12-15(13-22-17)26-5-2;1-3-5-9-24(12-18-14(6-4-2)11-22-13-23-18)19(25)16-10-15(20)7-8-17(16)21/h7-8,11-13,15H,5-6,9-10,14H2,1-4H3;6-7,10-11,13-14H,4-5,8-9,12H2,1-3H3;8-10,12-13H,4-7,11,14H2,1-3H3;7-8,10-11,13H,3-6,9,12H2,1-2H3. The molecular weight excluding hydrogens is 1390 g/mol. The van der Waals surface area contributed by atoms with Crippen molar-refractivity contribution in [3.8, 4) is 23.0 Å². The van der Waals surface area contributed by atoms with Gasteiger partial charge in [-0.25, -0.2) is 51.3 Å². The molecule has 19 nitrogen and oxygen atoms in total. The van der Waals surface area contributed by atoms with Crippen LogP contribution in [0.15, 0.2) is 122 Å². The fourth-order valence-electron chi connectivity index (χ4n) is 10.7. The lowest BCUT2D eigenvalue weighted by molar-refractivity contribution is 0.0719. The molecule has 0 saturated heterocycles. The van der Waals surface area contributed by atoms with Gasteiger partial charge < -0.3 is 38.5 Å². The number of hydrogen-bond donors (Lipinski definition) is 0. The van der Waals surface area contributed by atoms with Gasteiger partial charge in [0.15, 0.2) is 0 Å². The van der Waals surface area contributed by atoms with Crippen molar-refractivity contribution in [3.05, 3.63) is 220 Å². The highest BCUT2D eigenvalue weighted by Crippen LogP contribution is 2.28. The van der Waals surface area contributed by atoms with Crippen molar-refractivity contribution in [3.63, 3.8) is 0 Å². The van der Waals surface area contributed by atoms with Gasteiger partial charge in [-0.3, -0.25) is 29.1 Å². The zero-order chi connectivity index (χ0) is 78.4. The monoisotopic (exact) mass is 1490 g/mol. The van der Waals surface area contributed by atoms with Gasteiger partial charge in [-0.1, -0.05) is 87.1 Å². The van der Waals surface area contributed by atoms with Gasteiger partial charge in [-0.05, 0) is 156 Å². The molecule has 0 N–H and O–H groups in total. The van der Waals surface area contributed by atoms with Crippen molar-refractivity contribution < 1.29 is 68.9 Å². The Morgan fingerprint density at radius 2 is 0.766 bits per heavy atom. The highest BCUT2D eigenvalue weighted by Gasteiger charge is 2.27. The summed E-state index contributed by atoms with van der Waals surface area (Å²) in [6, 6.07) is 16.5. The van der Waals surface area contributed by atoms with Crippen LogP contribution in [0.4, 0.5) is 30.7 Å². The van der Waals surface area contributed by atoms with Crippen molar-refractivity contribution in [2.75, 3.05) is 52.6 Å². The molecule has 0 bridgehead atoms. The molecule has 107 heavy (non-hydrogen) atoms. The summed E-state index contributed by atoms with van der Waals surface area (Å²) in [5.41, 5.74) is 3.88. The molecule has 26 heteroatoms. The summed E-state index contributed by atoms with van der Waals surface area (Å²) >= 11 is 0. The van der Waals surface area contributed by atoms with Crippen molar-refractivity contribution >= 4 is 23.6 Å². The van der Waals surface area contributed by atoms with Gasteiger partial charge in [-0.2, -0.15) is 4.39 Å². The molecule has 0 spiro atoms. The molecule has 0 unspecified atom stereocenters. The molecule has 4 amide bonds. The summed E-state index contributed by atoms with van der Waals surface area (Å²) in [6.45, 7) is 28.4. The van der Waals surface area contributed by atoms with E-state index in [4.69, 9.17) is 18.9 Å². The molecule has 5 heterocycles. The first-order chi connectivity index (χ1) is 51.4. The Balaban J connectivity index is 0.000000256. The van der Waals surface area contributed by atoms with E-state index >= 15 is 0 Å². The summed E-state index contributed by atoms with van der Waals surface area (Å²) in [5.74, 6) is -3.78. The predicted molar refractivity (Wildman–Crippen MR) is 396 cm³/mol. The van der Waals surface area contributed by atoms with Crippen molar-refractivity contribution in [1.29, 1.82) is 0 Å². The molecule has 0 aliphatic rings. The number of carbonyl (C=O) groups is 4. The Labute approximate surface area is 624 Å². The van der Waals surface area contributed by atoms with E-state index < -0.39 is 58.6 Å². The van der Waals surface area contributed by atoms with E-state index in [0.717, 1.165) is 135 Å². The van der Waals surface area contributed by atoms with E-state index in [9.17, 15) is 49.9 Å². The first-order valence-electron chi connectivity index (χ1n) is 36.6. The van der Waals surface area contributed by atoms with E-state index in [2.05, 4.69) is 62.6 Å². The summed E-state index contributed by atoms with van der Waals surface area (Å²) in [4.78, 5) is 86.9. The van der Waals surface area contributed by atoms with Gasteiger partial charge in [0.1, 0.15) is 87.6 Å². The summed E-state index contributed by atoms with van der Waals surface area (Å²) in [6.07, 6.45) is 17.9. The quantitative estimate of drug-likeness (QED) is 0.0264. The SMILES string of the molecule is CCCCN(Cc1ncc(OCC)cc1OCC)C(=O)c1cccc(F)n1.CCCCN(Cc1ncncc1CCC)C(=O)c1cc(F)ccc1F.CCCc1cncnc1CN(CCC(C)C)C(=O)c1cc(F)ccc1F.CCOc1cnc(CN(CCC(C)C)C(=O)c2cc(F)ccc2F)c(OCC)c1. The average molecular weight is 1490 g/mol. The second-order valence-corrected chi connectivity index (χ2v) is 25.7. The molecule has 5 aromatic heterocycles. The number of halogens is 7. The molecule has 0 radical (unpaired) electrons. The van der Waals surface area contributed by atoms with E-state index in [1.165, 1.54) is 40.7 Å².